The van der Waals surface area contributed by atoms with Gasteiger partial charge in [-0.1, -0.05) is 0 Å². The molecular weight excluding hydrogens is 372 g/mol. The minimum atomic E-state index is -3.84. The number of carbonyl (C=O) groups is 1. The Morgan fingerprint density at radius 1 is 1.30 bits per heavy atom. The molecule has 0 amide bonds. The van der Waals surface area contributed by atoms with Gasteiger partial charge in [-0.15, -0.1) is 0 Å². The van der Waals surface area contributed by atoms with Crippen LogP contribution in [0.3, 0.4) is 0 Å². The van der Waals surface area contributed by atoms with Crippen LogP contribution in [0.2, 0.25) is 0 Å². The Labute approximate surface area is 159 Å². The minimum Gasteiger partial charge on any atom is -0.493 e. The Balaban J connectivity index is 1.65. The summed E-state index contributed by atoms with van der Waals surface area (Å²) in [6, 6.07) is 4.45. The van der Waals surface area contributed by atoms with Crippen LogP contribution in [0.4, 0.5) is 0 Å². The van der Waals surface area contributed by atoms with Gasteiger partial charge in [-0.25, -0.2) is 13.1 Å². The van der Waals surface area contributed by atoms with E-state index in [1.807, 2.05) is 0 Å². The van der Waals surface area contributed by atoms with E-state index in [1.165, 1.54) is 25.0 Å². The average Bonchev–Trinajstić information content (AvgIpc) is 3.45. The molecule has 1 saturated carbocycles. The quantitative estimate of drug-likeness (QED) is 0.637. The number of carboxylic acid groups (broad SMARTS) is 1. The number of carboxylic acids is 1. The number of nitrogens with one attached hydrogen (secondary N) is 1. The molecule has 3 rings (SSSR count). The standard InChI is InChI=1S/C18H26N2O6S/c1-13(17(18(21)22)20-8-10-25-11-9-20)19-27(23,24)16-6-4-15(5-7-16)26-12-14-2-3-14/h4-7,13-14,17,19H,2-3,8-12H2,1H3,(H,21,22). The van der Waals surface area contributed by atoms with Crippen LogP contribution in [-0.2, 0) is 19.6 Å². The van der Waals surface area contributed by atoms with Crippen molar-refractivity contribution in [3.63, 3.8) is 0 Å². The fourth-order valence-corrected chi connectivity index (χ4v) is 4.38. The van der Waals surface area contributed by atoms with Crippen molar-refractivity contribution in [1.82, 2.24) is 9.62 Å². The van der Waals surface area contributed by atoms with E-state index in [1.54, 1.807) is 24.0 Å². The summed E-state index contributed by atoms with van der Waals surface area (Å²) in [7, 11) is -3.84. The Morgan fingerprint density at radius 3 is 2.48 bits per heavy atom. The van der Waals surface area contributed by atoms with Crippen LogP contribution in [0.5, 0.6) is 5.75 Å². The molecular formula is C18H26N2O6S. The smallest absolute Gasteiger partial charge is 0.322 e. The number of morpholine rings is 1. The fraction of sp³-hybridized carbons (Fsp3) is 0.611. The molecule has 1 heterocycles. The zero-order valence-electron chi connectivity index (χ0n) is 15.3. The van der Waals surface area contributed by atoms with E-state index in [-0.39, 0.29) is 4.90 Å². The molecule has 1 saturated heterocycles. The van der Waals surface area contributed by atoms with Crippen molar-refractivity contribution in [3.8, 4) is 5.75 Å². The number of benzene rings is 1. The molecule has 0 spiro atoms. The third-order valence-corrected chi connectivity index (χ3v) is 6.40. The van der Waals surface area contributed by atoms with E-state index >= 15 is 0 Å². The molecule has 2 atom stereocenters. The van der Waals surface area contributed by atoms with E-state index < -0.39 is 28.1 Å². The van der Waals surface area contributed by atoms with Gasteiger partial charge in [0, 0.05) is 19.1 Å². The Bertz CT molecular complexity index is 742. The van der Waals surface area contributed by atoms with Crippen molar-refractivity contribution in [2.24, 2.45) is 5.92 Å². The molecule has 2 aliphatic rings. The van der Waals surface area contributed by atoms with Crippen LogP contribution < -0.4 is 9.46 Å². The summed E-state index contributed by atoms with van der Waals surface area (Å²) < 4.78 is 38.7. The molecule has 2 unspecified atom stereocenters. The molecule has 1 aliphatic carbocycles. The highest BCUT2D eigenvalue weighted by atomic mass is 32.2. The number of hydrogen-bond acceptors (Lipinski definition) is 6. The van der Waals surface area contributed by atoms with Gasteiger partial charge in [0.2, 0.25) is 10.0 Å². The maximum atomic E-state index is 12.7. The van der Waals surface area contributed by atoms with Crippen LogP contribution in [0.1, 0.15) is 19.8 Å². The van der Waals surface area contributed by atoms with Gasteiger partial charge in [-0.05, 0) is 49.9 Å². The third-order valence-electron chi connectivity index (χ3n) is 4.82. The monoisotopic (exact) mass is 398 g/mol. The Morgan fingerprint density at radius 2 is 1.93 bits per heavy atom. The topological polar surface area (TPSA) is 105 Å². The van der Waals surface area contributed by atoms with Gasteiger partial charge in [0.25, 0.3) is 0 Å². The van der Waals surface area contributed by atoms with Gasteiger partial charge >= 0.3 is 5.97 Å². The lowest BCUT2D eigenvalue weighted by Gasteiger charge is -2.35. The zero-order valence-corrected chi connectivity index (χ0v) is 16.2. The maximum Gasteiger partial charge on any atom is 0.322 e. The summed E-state index contributed by atoms with van der Waals surface area (Å²) in [4.78, 5) is 13.5. The second-order valence-corrected chi connectivity index (χ2v) is 8.78. The molecule has 0 radical (unpaired) electrons. The van der Waals surface area contributed by atoms with E-state index in [0.29, 0.717) is 44.6 Å². The lowest BCUT2D eigenvalue weighted by molar-refractivity contribution is -0.146. The van der Waals surface area contributed by atoms with Gasteiger partial charge in [0.05, 0.1) is 24.7 Å². The highest BCUT2D eigenvalue weighted by Crippen LogP contribution is 2.29. The largest absolute Gasteiger partial charge is 0.493 e. The van der Waals surface area contributed by atoms with Crippen molar-refractivity contribution in [2.75, 3.05) is 32.9 Å². The highest BCUT2D eigenvalue weighted by Gasteiger charge is 2.34. The minimum absolute atomic E-state index is 0.0826. The van der Waals surface area contributed by atoms with E-state index in [2.05, 4.69) is 4.72 Å². The van der Waals surface area contributed by atoms with Gasteiger partial charge in [0.15, 0.2) is 0 Å². The SMILES string of the molecule is CC(NS(=O)(=O)c1ccc(OCC2CC2)cc1)C(C(=O)O)N1CCOCC1. The van der Waals surface area contributed by atoms with Gasteiger partial charge in [-0.2, -0.15) is 0 Å². The second-order valence-electron chi connectivity index (χ2n) is 7.07. The molecule has 0 aromatic heterocycles. The van der Waals surface area contributed by atoms with E-state index in [4.69, 9.17) is 9.47 Å². The van der Waals surface area contributed by atoms with Crippen molar-refractivity contribution in [1.29, 1.82) is 0 Å². The van der Waals surface area contributed by atoms with Crippen LogP contribution in [-0.4, -0.2) is 69.4 Å². The highest BCUT2D eigenvalue weighted by molar-refractivity contribution is 7.89. The number of rotatable bonds is 9. The summed E-state index contributed by atoms with van der Waals surface area (Å²) in [5.74, 6) is 0.186. The van der Waals surface area contributed by atoms with Gasteiger partial charge in [0.1, 0.15) is 11.8 Å². The third kappa shape index (κ3) is 5.41. The summed E-state index contributed by atoms with van der Waals surface area (Å²) in [6.45, 7) is 4.00. The first-order chi connectivity index (χ1) is 12.9. The average molecular weight is 398 g/mol. The second kappa shape index (κ2) is 8.55. The number of aliphatic carboxylic acids is 1. The van der Waals surface area contributed by atoms with Crippen molar-refractivity contribution in [2.45, 2.75) is 36.7 Å². The number of hydrogen-bond donors (Lipinski definition) is 2. The fourth-order valence-electron chi connectivity index (χ4n) is 3.13. The first-order valence-electron chi connectivity index (χ1n) is 9.16. The molecule has 0 bridgehead atoms. The summed E-state index contributed by atoms with van der Waals surface area (Å²) in [6.07, 6.45) is 2.37. The molecule has 8 nitrogen and oxygen atoms in total. The van der Waals surface area contributed by atoms with Gasteiger partial charge < -0.3 is 14.6 Å². The number of nitrogens with zero attached hydrogens (tertiary/aromatic N) is 1. The maximum absolute atomic E-state index is 12.7. The van der Waals surface area contributed by atoms with Crippen molar-refractivity contribution in [3.05, 3.63) is 24.3 Å². The van der Waals surface area contributed by atoms with E-state index in [0.717, 1.165) is 0 Å². The van der Waals surface area contributed by atoms with Crippen LogP contribution >= 0.6 is 0 Å². The van der Waals surface area contributed by atoms with Gasteiger partial charge in [-0.3, -0.25) is 9.69 Å². The lowest BCUT2D eigenvalue weighted by atomic mass is 10.1. The molecule has 150 valence electrons. The Kier molecular flexibility index (Phi) is 6.36. The Hall–Kier alpha value is -1.68. The zero-order chi connectivity index (χ0) is 19.4. The summed E-state index contributed by atoms with van der Waals surface area (Å²) in [5, 5.41) is 9.57. The van der Waals surface area contributed by atoms with Crippen molar-refractivity contribution >= 4 is 16.0 Å². The molecule has 2 fully saturated rings. The molecule has 9 heteroatoms. The van der Waals surface area contributed by atoms with Crippen LogP contribution in [0.25, 0.3) is 0 Å². The molecule has 1 aromatic rings. The molecule has 27 heavy (non-hydrogen) atoms. The van der Waals surface area contributed by atoms with Crippen LogP contribution in [0, 0.1) is 5.92 Å². The molecule has 2 N–H and O–H groups in total. The lowest BCUT2D eigenvalue weighted by Crippen LogP contribution is -2.57. The van der Waals surface area contributed by atoms with Crippen molar-refractivity contribution < 1.29 is 27.8 Å². The predicted molar refractivity (Wildman–Crippen MR) is 98.3 cm³/mol. The van der Waals surface area contributed by atoms with E-state index in [9.17, 15) is 18.3 Å². The normalized spacial score (nSPS) is 20.8. The summed E-state index contributed by atoms with van der Waals surface area (Å²) >= 11 is 0. The first kappa shape index (κ1) is 20.1. The molecule has 1 aliphatic heterocycles. The first-order valence-corrected chi connectivity index (χ1v) is 10.6. The number of ether oxygens (including phenoxy) is 2. The van der Waals surface area contributed by atoms with Crippen LogP contribution in [0.15, 0.2) is 29.2 Å². The molecule has 1 aromatic carbocycles. The predicted octanol–water partition coefficient (Wildman–Crippen LogP) is 0.928. The number of sulfonamides is 1. The summed E-state index contributed by atoms with van der Waals surface area (Å²) in [5.41, 5.74) is 0.